The van der Waals surface area contributed by atoms with E-state index in [0.29, 0.717) is 6.42 Å². The Morgan fingerprint density at radius 1 is 1.03 bits per heavy atom. The summed E-state index contributed by atoms with van der Waals surface area (Å²) in [6.07, 6.45) is 11.5. The number of hydrogen-bond donors (Lipinski definition) is 4. The topological polar surface area (TPSA) is 86.3 Å². The number of anilines is 2. The number of rotatable bonds is 12. The largest absolute Gasteiger partial charge is 0.396 e. The predicted molar refractivity (Wildman–Crippen MR) is 137 cm³/mol. The van der Waals surface area contributed by atoms with Crippen LogP contribution in [0.2, 0.25) is 0 Å². The number of aliphatic hydroxyl groups excluding tert-OH is 1. The van der Waals surface area contributed by atoms with E-state index < -0.39 is 0 Å². The van der Waals surface area contributed by atoms with Crippen molar-refractivity contribution in [3.05, 3.63) is 36.9 Å². The second kappa shape index (κ2) is 10.6. The van der Waals surface area contributed by atoms with Gasteiger partial charge in [0, 0.05) is 38.0 Å². The standard InChI is InChI=1S/C28H39N4O2/c33-12-3-1-2-9-29-10-11-30-26-8-7-23-24(31-26)5-4-6-25(23)32-27(34)19-28-16-20-13-21(17-28)15-22(14-20)18-28/h4-9,20-22,29,33H,1-3,10-19H2,(H,30,31)(H,32,34). The maximum Gasteiger partial charge on any atom is 0.224 e. The van der Waals surface area contributed by atoms with E-state index in [1.54, 1.807) is 0 Å². The van der Waals surface area contributed by atoms with E-state index in [2.05, 4.69) is 28.6 Å². The van der Waals surface area contributed by atoms with Crippen molar-refractivity contribution in [1.82, 2.24) is 10.3 Å². The van der Waals surface area contributed by atoms with Crippen molar-refractivity contribution in [2.24, 2.45) is 23.2 Å². The van der Waals surface area contributed by atoms with Gasteiger partial charge in [0.25, 0.3) is 0 Å². The number of aliphatic hydroxyl groups is 1. The molecule has 1 aromatic heterocycles. The van der Waals surface area contributed by atoms with Crippen molar-refractivity contribution in [3.63, 3.8) is 0 Å². The zero-order chi connectivity index (χ0) is 23.4. The van der Waals surface area contributed by atoms with E-state index in [1.165, 1.54) is 38.5 Å². The molecule has 4 saturated carbocycles. The molecule has 1 radical (unpaired) electrons. The molecule has 4 fully saturated rings. The highest BCUT2D eigenvalue weighted by atomic mass is 16.2. The SMILES string of the molecule is O=C(CC12CC3CC(CC(C3)C1)C2)Nc1cccc2nc(NCCN[CH]CCCCO)ccc12. The Hall–Kier alpha value is -2.18. The highest BCUT2D eigenvalue weighted by Crippen LogP contribution is 2.61. The number of fused-ring (bicyclic) bond motifs is 1. The van der Waals surface area contributed by atoms with Crippen LogP contribution in [-0.2, 0) is 4.79 Å². The summed E-state index contributed by atoms with van der Waals surface area (Å²) in [6.45, 7) is 3.91. The Morgan fingerprint density at radius 3 is 2.53 bits per heavy atom. The number of hydrogen-bond acceptors (Lipinski definition) is 5. The molecule has 0 spiro atoms. The molecule has 1 amide bonds. The Labute approximate surface area is 203 Å². The molecule has 6 rings (SSSR count). The fourth-order valence-electron chi connectivity index (χ4n) is 7.23. The van der Waals surface area contributed by atoms with Gasteiger partial charge in [-0.3, -0.25) is 4.79 Å². The third-order valence-electron chi connectivity index (χ3n) is 8.18. The third kappa shape index (κ3) is 5.55. The van der Waals surface area contributed by atoms with Crippen LogP contribution in [-0.4, -0.2) is 35.7 Å². The molecular weight excluding hydrogens is 424 g/mol. The number of carbonyl (C=O) groups excluding carboxylic acids is 1. The molecule has 34 heavy (non-hydrogen) atoms. The lowest BCUT2D eigenvalue weighted by Crippen LogP contribution is -2.47. The number of carbonyl (C=O) groups is 1. The summed E-state index contributed by atoms with van der Waals surface area (Å²) in [6, 6.07) is 10.0. The molecule has 2 aromatic rings. The Bertz CT molecular complexity index is 956. The van der Waals surface area contributed by atoms with Gasteiger partial charge in [-0.05, 0) is 105 Å². The second-order valence-corrected chi connectivity index (χ2v) is 11.0. The quantitative estimate of drug-likeness (QED) is 0.329. The van der Waals surface area contributed by atoms with Crippen LogP contribution in [0.5, 0.6) is 0 Å². The number of pyridine rings is 1. The van der Waals surface area contributed by atoms with Gasteiger partial charge in [0.15, 0.2) is 0 Å². The van der Waals surface area contributed by atoms with E-state index in [4.69, 9.17) is 10.1 Å². The highest BCUT2D eigenvalue weighted by Gasteiger charge is 2.51. The number of nitrogens with zero attached hydrogens (tertiary/aromatic N) is 1. The average molecular weight is 464 g/mol. The van der Waals surface area contributed by atoms with E-state index in [0.717, 1.165) is 72.5 Å². The number of benzene rings is 1. The smallest absolute Gasteiger partial charge is 0.224 e. The van der Waals surface area contributed by atoms with Crippen LogP contribution in [0.4, 0.5) is 11.5 Å². The van der Waals surface area contributed by atoms with Gasteiger partial charge in [0.1, 0.15) is 5.82 Å². The summed E-state index contributed by atoms with van der Waals surface area (Å²) < 4.78 is 0. The van der Waals surface area contributed by atoms with Gasteiger partial charge in [-0.1, -0.05) is 6.07 Å². The molecule has 4 aliphatic rings. The molecular formula is C28H39N4O2. The summed E-state index contributed by atoms with van der Waals surface area (Å²) in [7, 11) is 0. The molecule has 6 heteroatoms. The van der Waals surface area contributed by atoms with Crippen LogP contribution in [0, 0.1) is 29.7 Å². The minimum Gasteiger partial charge on any atom is -0.396 e. The fraction of sp³-hybridized carbons (Fsp3) is 0.607. The zero-order valence-electron chi connectivity index (χ0n) is 20.2. The number of nitrogens with one attached hydrogen (secondary N) is 3. The second-order valence-electron chi connectivity index (χ2n) is 11.0. The molecule has 0 unspecified atom stereocenters. The van der Waals surface area contributed by atoms with Gasteiger partial charge in [-0.15, -0.1) is 0 Å². The lowest BCUT2D eigenvalue weighted by Gasteiger charge is -2.56. The normalized spacial score (nSPS) is 27.3. The van der Waals surface area contributed by atoms with Gasteiger partial charge in [-0.25, -0.2) is 4.98 Å². The first-order chi connectivity index (χ1) is 16.6. The minimum atomic E-state index is 0.165. The maximum absolute atomic E-state index is 13.1. The predicted octanol–water partition coefficient (Wildman–Crippen LogP) is 5.11. The minimum absolute atomic E-state index is 0.165. The van der Waals surface area contributed by atoms with Crippen molar-refractivity contribution in [3.8, 4) is 0 Å². The van der Waals surface area contributed by atoms with Crippen molar-refractivity contribution in [2.45, 2.75) is 64.2 Å². The molecule has 1 aromatic carbocycles. The first-order valence-electron chi connectivity index (χ1n) is 13.2. The molecule has 4 bridgehead atoms. The lowest BCUT2D eigenvalue weighted by atomic mass is 9.49. The summed E-state index contributed by atoms with van der Waals surface area (Å²) in [5.41, 5.74) is 2.01. The first kappa shape index (κ1) is 23.6. The lowest BCUT2D eigenvalue weighted by molar-refractivity contribution is -0.124. The zero-order valence-corrected chi connectivity index (χ0v) is 20.2. The third-order valence-corrected chi connectivity index (χ3v) is 8.18. The first-order valence-corrected chi connectivity index (χ1v) is 13.2. The molecule has 0 aliphatic heterocycles. The summed E-state index contributed by atoms with van der Waals surface area (Å²) >= 11 is 0. The molecule has 0 atom stereocenters. The summed E-state index contributed by atoms with van der Waals surface area (Å²) in [5.74, 6) is 3.60. The molecule has 6 nitrogen and oxygen atoms in total. The van der Waals surface area contributed by atoms with E-state index in [1.807, 2.05) is 24.3 Å². The van der Waals surface area contributed by atoms with Gasteiger partial charge >= 0.3 is 0 Å². The van der Waals surface area contributed by atoms with Gasteiger partial charge < -0.3 is 21.1 Å². The number of unbranched alkanes of at least 4 members (excludes halogenated alkanes) is 2. The fourth-order valence-corrected chi connectivity index (χ4v) is 7.23. The van der Waals surface area contributed by atoms with Crippen LogP contribution < -0.4 is 16.0 Å². The molecule has 4 aliphatic carbocycles. The van der Waals surface area contributed by atoms with E-state index in [9.17, 15) is 4.79 Å². The molecule has 1 heterocycles. The van der Waals surface area contributed by atoms with Crippen molar-refractivity contribution in [2.75, 3.05) is 30.3 Å². The Morgan fingerprint density at radius 2 is 1.79 bits per heavy atom. The monoisotopic (exact) mass is 463 g/mol. The number of aromatic nitrogens is 1. The number of amides is 1. The van der Waals surface area contributed by atoms with Crippen LogP contribution in [0.25, 0.3) is 10.9 Å². The summed E-state index contributed by atoms with van der Waals surface area (Å²) in [5, 5.41) is 19.7. The van der Waals surface area contributed by atoms with Gasteiger partial charge in [0.05, 0.1) is 11.2 Å². The van der Waals surface area contributed by atoms with Crippen molar-refractivity contribution < 1.29 is 9.90 Å². The van der Waals surface area contributed by atoms with E-state index >= 15 is 0 Å². The van der Waals surface area contributed by atoms with Crippen molar-refractivity contribution in [1.29, 1.82) is 0 Å². The van der Waals surface area contributed by atoms with Crippen LogP contribution in [0.15, 0.2) is 30.3 Å². The van der Waals surface area contributed by atoms with Crippen molar-refractivity contribution >= 4 is 28.3 Å². The molecule has 0 saturated heterocycles. The van der Waals surface area contributed by atoms with Gasteiger partial charge in [-0.2, -0.15) is 0 Å². The van der Waals surface area contributed by atoms with Gasteiger partial charge in [0.2, 0.25) is 5.91 Å². The molecule has 4 N–H and O–H groups in total. The Kier molecular flexibility index (Phi) is 7.35. The summed E-state index contributed by atoms with van der Waals surface area (Å²) in [4.78, 5) is 17.9. The highest BCUT2D eigenvalue weighted by molar-refractivity contribution is 6.01. The van der Waals surface area contributed by atoms with E-state index in [-0.39, 0.29) is 17.9 Å². The maximum atomic E-state index is 13.1. The van der Waals surface area contributed by atoms with Crippen LogP contribution in [0.1, 0.15) is 64.2 Å². The average Bonchev–Trinajstić information content (AvgIpc) is 2.79. The Balaban J connectivity index is 1.14. The van der Waals surface area contributed by atoms with Crippen LogP contribution >= 0.6 is 0 Å². The van der Waals surface area contributed by atoms with Crippen LogP contribution in [0.3, 0.4) is 0 Å². The molecule has 183 valence electrons.